The van der Waals surface area contributed by atoms with Gasteiger partial charge in [0, 0.05) is 24.8 Å². The second kappa shape index (κ2) is 7.09. The highest BCUT2D eigenvalue weighted by molar-refractivity contribution is 5.95. The van der Waals surface area contributed by atoms with E-state index in [4.69, 9.17) is 0 Å². The molecule has 1 aliphatic heterocycles. The lowest BCUT2D eigenvalue weighted by molar-refractivity contribution is 0.0938. The molecule has 1 saturated carbocycles. The number of rotatable bonds is 6. The van der Waals surface area contributed by atoms with E-state index >= 15 is 0 Å². The third-order valence-corrected chi connectivity index (χ3v) is 5.47. The van der Waals surface area contributed by atoms with E-state index in [2.05, 4.69) is 17.1 Å². The van der Waals surface area contributed by atoms with Crippen molar-refractivity contribution in [2.75, 3.05) is 19.6 Å². The highest BCUT2D eigenvalue weighted by atomic mass is 16.2. The molecule has 132 valence electrons. The number of aryl methyl sites for hydroxylation is 2. The zero-order chi connectivity index (χ0) is 17.3. The molecule has 1 aliphatic carbocycles. The maximum atomic E-state index is 12.8. The van der Waals surface area contributed by atoms with Crippen LogP contribution >= 0.6 is 0 Å². The van der Waals surface area contributed by atoms with E-state index in [1.54, 1.807) is 4.57 Å². The van der Waals surface area contributed by atoms with Crippen LogP contribution in [0.2, 0.25) is 0 Å². The number of pyridine rings is 1. The normalized spacial score (nSPS) is 21.2. The highest BCUT2D eigenvalue weighted by Gasteiger charge is 2.26. The number of likely N-dealkylation sites (N-methyl/N-ethyl adjacent to an activating group) is 1. The second-order valence-corrected chi connectivity index (χ2v) is 7.34. The molecule has 1 N–H and O–H groups in total. The predicted octanol–water partition coefficient (Wildman–Crippen LogP) is 2.09. The van der Waals surface area contributed by atoms with Crippen LogP contribution in [0.1, 0.15) is 54.2 Å². The van der Waals surface area contributed by atoms with Gasteiger partial charge in [0.1, 0.15) is 5.56 Å². The minimum Gasteiger partial charge on any atom is -0.350 e. The van der Waals surface area contributed by atoms with Crippen molar-refractivity contribution >= 4 is 5.91 Å². The molecule has 24 heavy (non-hydrogen) atoms. The summed E-state index contributed by atoms with van der Waals surface area (Å²) in [4.78, 5) is 27.9. The van der Waals surface area contributed by atoms with Crippen LogP contribution in [-0.4, -0.2) is 41.1 Å². The van der Waals surface area contributed by atoms with E-state index in [0.717, 1.165) is 37.3 Å². The molecule has 1 aromatic rings. The summed E-state index contributed by atoms with van der Waals surface area (Å²) in [6.45, 7) is 9.46. The number of carbonyl (C=O) groups is 1. The summed E-state index contributed by atoms with van der Waals surface area (Å²) in [5.74, 6) is 0.390. The number of hydrogen-bond donors (Lipinski definition) is 1. The summed E-state index contributed by atoms with van der Waals surface area (Å²) in [7, 11) is 0. The van der Waals surface area contributed by atoms with Gasteiger partial charge < -0.3 is 9.88 Å². The Hall–Kier alpha value is -1.62. The van der Waals surface area contributed by atoms with Gasteiger partial charge in [-0.2, -0.15) is 0 Å². The van der Waals surface area contributed by atoms with Crippen LogP contribution in [0.15, 0.2) is 10.9 Å². The molecule has 5 nitrogen and oxygen atoms in total. The van der Waals surface area contributed by atoms with Gasteiger partial charge in [-0.1, -0.05) is 6.92 Å². The maximum absolute atomic E-state index is 12.8. The van der Waals surface area contributed by atoms with Gasteiger partial charge >= 0.3 is 0 Å². The van der Waals surface area contributed by atoms with Crippen molar-refractivity contribution in [1.82, 2.24) is 14.8 Å². The predicted molar refractivity (Wildman–Crippen MR) is 95.5 cm³/mol. The third kappa shape index (κ3) is 3.56. The van der Waals surface area contributed by atoms with Crippen molar-refractivity contribution in [2.45, 2.75) is 59.0 Å². The van der Waals surface area contributed by atoms with Crippen LogP contribution in [0, 0.1) is 19.8 Å². The Morgan fingerprint density at radius 3 is 2.71 bits per heavy atom. The van der Waals surface area contributed by atoms with Crippen molar-refractivity contribution in [1.29, 1.82) is 0 Å². The van der Waals surface area contributed by atoms with Crippen LogP contribution in [0.5, 0.6) is 0 Å². The number of carbonyl (C=O) groups excluding carboxylic acids is 1. The van der Waals surface area contributed by atoms with E-state index in [1.807, 2.05) is 19.9 Å². The average Bonchev–Trinajstić information content (AvgIpc) is 3.24. The van der Waals surface area contributed by atoms with Gasteiger partial charge in [0.15, 0.2) is 0 Å². The summed E-state index contributed by atoms with van der Waals surface area (Å²) < 4.78 is 1.79. The van der Waals surface area contributed by atoms with Gasteiger partial charge in [-0.25, -0.2) is 0 Å². The number of likely N-dealkylation sites (tertiary alicyclic amines) is 1. The Morgan fingerprint density at radius 2 is 2.04 bits per heavy atom. The van der Waals surface area contributed by atoms with E-state index in [9.17, 15) is 9.59 Å². The van der Waals surface area contributed by atoms with Crippen LogP contribution in [-0.2, 0) is 6.54 Å². The van der Waals surface area contributed by atoms with Gasteiger partial charge in [0.2, 0.25) is 0 Å². The summed E-state index contributed by atoms with van der Waals surface area (Å²) >= 11 is 0. The topological polar surface area (TPSA) is 54.3 Å². The molecule has 0 spiro atoms. The van der Waals surface area contributed by atoms with Crippen molar-refractivity contribution < 1.29 is 4.79 Å². The molecule has 2 heterocycles. The van der Waals surface area contributed by atoms with Crippen molar-refractivity contribution in [2.24, 2.45) is 5.92 Å². The molecule has 3 rings (SSSR count). The molecule has 2 aliphatic rings. The largest absolute Gasteiger partial charge is 0.350 e. The molecule has 1 atom stereocenters. The quantitative estimate of drug-likeness (QED) is 0.868. The number of nitrogens with one attached hydrogen (secondary N) is 1. The highest BCUT2D eigenvalue weighted by Crippen LogP contribution is 2.30. The van der Waals surface area contributed by atoms with Crippen LogP contribution < -0.4 is 10.9 Å². The van der Waals surface area contributed by atoms with Crippen LogP contribution in [0.4, 0.5) is 0 Å². The Morgan fingerprint density at radius 1 is 1.29 bits per heavy atom. The molecular formula is C19H29N3O2. The van der Waals surface area contributed by atoms with Crippen LogP contribution in [0.3, 0.4) is 0 Å². The summed E-state index contributed by atoms with van der Waals surface area (Å²) in [6.07, 6.45) is 4.69. The molecule has 0 bridgehead atoms. The van der Waals surface area contributed by atoms with Crippen molar-refractivity contribution in [3.8, 4) is 0 Å². The minimum absolute atomic E-state index is 0.129. The zero-order valence-electron chi connectivity index (χ0n) is 15.1. The van der Waals surface area contributed by atoms with E-state index in [0.29, 0.717) is 24.1 Å². The van der Waals surface area contributed by atoms with Crippen molar-refractivity contribution in [3.05, 3.63) is 33.2 Å². The molecule has 0 radical (unpaired) electrons. The van der Waals surface area contributed by atoms with E-state index in [-0.39, 0.29) is 11.5 Å². The Balaban J connectivity index is 1.75. The molecular weight excluding hydrogens is 302 g/mol. The standard InChI is InChI=1S/C19H29N3O2/c1-4-21-9-5-6-16(21)11-20-18(23)17-13(2)10-14(3)22(19(17)24)12-15-7-8-15/h10,15-16H,4-9,11-12H2,1-3H3,(H,20,23)/t16-/m0/s1. The van der Waals surface area contributed by atoms with Gasteiger partial charge in [-0.3, -0.25) is 14.5 Å². The molecule has 1 aromatic heterocycles. The monoisotopic (exact) mass is 331 g/mol. The SMILES string of the molecule is CCN1CCC[C@H]1CNC(=O)c1c(C)cc(C)n(CC2CC2)c1=O. The number of amides is 1. The Bertz CT molecular complexity index is 676. The minimum atomic E-state index is -0.218. The first-order valence-electron chi connectivity index (χ1n) is 9.24. The summed E-state index contributed by atoms with van der Waals surface area (Å²) in [6, 6.07) is 2.37. The third-order valence-electron chi connectivity index (χ3n) is 5.47. The fraction of sp³-hybridized carbons (Fsp3) is 0.684. The Labute approximate surface area is 144 Å². The number of aromatic nitrogens is 1. The van der Waals surface area contributed by atoms with Crippen LogP contribution in [0.25, 0.3) is 0 Å². The smallest absolute Gasteiger partial charge is 0.263 e. The lowest BCUT2D eigenvalue weighted by Crippen LogP contribution is -2.42. The lowest BCUT2D eigenvalue weighted by Gasteiger charge is -2.23. The lowest BCUT2D eigenvalue weighted by atomic mass is 10.1. The first-order valence-corrected chi connectivity index (χ1v) is 9.24. The van der Waals surface area contributed by atoms with Gasteiger partial charge in [0.05, 0.1) is 0 Å². The fourth-order valence-electron chi connectivity index (χ4n) is 3.83. The first-order chi connectivity index (χ1) is 11.5. The fourth-order valence-corrected chi connectivity index (χ4v) is 3.83. The van der Waals surface area contributed by atoms with Crippen molar-refractivity contribution in [3.63, 3.8) is 0 Å². The average molecular weight is 331 g/mol. The molecule has 0 unspecified atom stereocenters. The molecule has 1 amide bonds. The molecule has 5 heteroatoms. The van der Waals surface area contributed by atoms with E-state index < -0.39 is 0 Å². The van der Waals surface area contributed by atoms with Gasteiger partial charge in [-0.15, -0.1) is 0 Å². The molecule has 1 saturated heterocycles. The van der Waals surface area contributed by atoms with Gasteiger partial charge in [-0.05, 0) is 70.2 Å². The number of nitrogens with zero attached hydrogens (tertiary/aromatic N) is 2. The first kappa shape index (κ1) is 17.2. The Kier molecular flexibility index (Phi) is 5.09. The second-order valence-electron chi connectivity index (χ2n) is 7.34. The molecule has 0 aromatic carbocycles. The summed E-state index contributed by atoms with van der Waals surface area (Å²) in [5, 5.41) is 3.01. The maximum Gasteiger partial charge on any atom is 0.263 e. The molecule has 2 fully saturated rings. The zero-order valence-corrected chi connectivity index (χ0v) is 15.1. The van der Waals surface area contributed by atoms with E-state index in [1.165, 1.54) is 19.3 Å². The number of hydrogen-bond acceptors (Lipinski definition) is 3. The van der Waals surface area contributed by atoms with Gasteiger partial charge in [0.25, 0.3) is 11.5 Å². The summed E-state index contributed by atoms with van der Waals surface area (Å²) in [5.41, 5.74) is 1.92.